The number of carbonyl (C=O) groups excluding carboxylic acids is 3. The molecule has 0 radical (unpaired) electrons. The summed E-state index contributed by atoms with van der Waals surface area (Å²) in [4.78, 5) is 42.1. The second-order valence-electron chi connectivity index (χ2n) is 17.0. The van der Waals surface area contributed by atoms with Crippen LogP contribution in [0.4, 0.5) is 4.79 Å². The molecule has 2 aliphatic carbocycles. The Balaban J connectivity index is 1.27. The van der Waals surface area contributed by atoms with E-state index in [2.05, 4.69) is 50.1 Å². The first kappa shape index (κ1) is 36.9. The lowest BCUT2D eigenvalue weighted by molar-refractivity contribution is -0.170. The zero-order valence-electron chi connectivity index (χ0n) is 31.4. The van der Waals surface area contributed by atoms with Gasteiger partial charge < -0.3 is 38.7 Å². The number of ether oxygens (including phenoxy) is 4. The summed E-state index contributed by atoms with van der Waals surface area (Å²) in [6.07, 6.45) is 0.0923. The van der Waals surface area contributed by atoms with Crippen molar-refractivity contribution in [3.05, 3.63) is 71.0 Å². The normalized spacial score (nSPS) is 26.5. The van der Waals surface area contributed by atoms with Crippen molar-refractivity contribution < 1.29 is 42.9 Å². The maximum absolute atomic E-state index is 13.8. The molecule has 0 aromatic heterocycles. The number of amides is 1. The Labute approximate surface area is 301 Å². The molecule has 2 aromatic rings. The highest BCUT2D eigenvalue weighted by molar-refractivity contribution is 6.74. The number of rotatable bonds is 8. The molecule has 6 atom stereocenters. The zero-order chi connectivity index (χ0) is 37.3. The maximum Gasteiger partial charge on any atom is 0.509 e. The molecule has 4 aliphatic rings. The number of esters is 1. The molecule has 51 heavy (non-hydrogen) atoms. The monoisotopic (exact) mass is 720 g/mol. The van der Waals surface area contributed by atoms with Crippen molar-refractivity contribution in [2.45, 2.75) is 127 Å². The minimum atomic E-state index is -2.28. The van der Waals surface area contributed by atoms with Gasteiger partial charge in [-0.1, -0.05) is 57.2 Å². The number of nitrogens with one attached hydrogen (secondary N) is 1. The lowest BCUT2D eigenvalue weighted by Crippen LogP contribution is -2.74. The van der Waals surface area contributed by atoms with E-state index in [4.69, 9.17) is 23.4 Å². The lowest BCUT2D eigenvalue weighted by atomic mass is 9.50. The molecule has 11 nitrogen and oxygen atoms in total. The minimum Gasteiger partial charge on any atom is -0.541 e. The van der Waals surface area contributed by atoms with Crippen molar-refractivity contribution in [1.82, 2.24) is 10.2 Å². The molecule has 2 heterocycles. The Bertz CT molecular complexity index is 1750. The first-order chi connectivity index (χ1) is 23.7. The van der Waals surface area contributed by atoms with E-state index in [-0.39, 0.29) is 17.5 Å². The van der Waals surface area contributed by atoms with E-state index in [9.17, 15) is 19.5 Å². The van der Waals surface area contributed by atoms with Gasteiger partial charge in [-0.2, -0.15) is 0 Å². The van der Waals surface area contributed by atoms with Gasteiger partial charge in [-0.25, -0.2) is 9.59 Å². The predicted octanol–water partition coefficient (Wildman–Crippen LogP) is 6.09. The lowest BCUT2D eigenvalue weighted by Gasteiger charge is -2.61. The van der Waals surface area contributed by atoms with E-state index in [0.717, 1.165) is 17.7 Å². The Morgan fingerprint density at radius 2 is 1.75 bits per heavy atom. The number of aliphatic hydroxyl groups is 1. The van der Waals surface area contributed by atoms with E-state index in [1.54, 1.807) is 57.2 Å². The van der Waals surface area contributed by atoms with Crippen LogP contribution in [0.2, 0.25) is 18.1 Å². The fourth-order valence-corrected chi connectivity index (χ4v) is 8.78. The third kappa shape index (κ3) is 6.33. The fourth-order valence-electron chi connectivity index (χ4n) is 7.76. The van der Waals surface area contributed by atoms with Crippen LogP contribution in [0.3, 0.4) is 0 Å². The van der Waals surface area contributed by atoms with Crippen molar-refractivity contribution in [3.63, 3.8) is 0 Å². The summed E-state index contributed by atoms with van der Waals surface area (Å²) in [7, 11) is -0.236. The molecule has 2 bridgehead atoms. The number of hydrogen-bond acceptors (Lipinski definition) is 10. The Morgan fingerprint density at radius 1 is 1.06 bits per heavy atom. The van der Waals surface area contributed by atoms with Gasteiger partial charge in [-0.05, 0) is 90.0 Å². The maximum atomic E-state index is 13.8. The molecule has 2 N–H and O–H groups in total. The minimum absolute atomic E-state index is 0.0583. The van der Waals surface area contributed by atoms with Gasteiger partial charge in [0.05, 0.1) is 11.0 Å². The summed E-state index contributed by atoms with van der Waals surface area (Å²) in [5.41, 5.74) is -0.415. The summed E-state index contributed by atoms with van der Waals surface area (Å²) in [5, 5.41) is 15.3. The van der Waals surface area contributed by atoms with Crippen LogP contribution in [0.5, 0.6) is 11.5 Å². The molecular weight excluding hydrogens is 669 g/mol. The van der Waals surface area contributed by atoms with Crippen LogP contribution < -0.4 is 14.5 Å². The van der Waals surface area contributed by atoms with E-state index in [1.807, 2.05) is 13.1 Å². The SMILES string of the molecule is CC(NC(=O)C(OC(=O)OC(C)(C)C)c1ccccc1)C(=O)OC1=CCC2(O)C3Cc4ccc(O[Si](C)(C)C(C)(C)C)c5c4C2(CCN3C)C1O5. The molecule has 1 fully saturated rings. The van der Waals surface area contributed by atoms with Crippen molar-refractivity contribution in [1.29, 1.82) is 0 Å². The number of piperidine rings is 1. The van der Waals surface area contributed by atoms with E-state index < -0.39 is 61.2 Å². The number of nitrogens with zero attached hydrogens (tertiary/aromatic N) is 1. The van der Waals surface area contributed by atoms with Gasteiger partial charge >= 0.3 is 12.1 Å². The quantitative estimate of drug-likeness (QED) is 0.244. The van der Waals surface area contributed by atoms with Gasteiger partial charge in [0.1, 0.15) is 23.2 Å². The number of likely N-dealkylation sites (N-methyl/N-ethyl adjacent to an activating group) is 1. The van der Waals surface area contributed by atoms with E-state index in [1.165, 1.54) is 6.92 Å². The average molecular weight is 721 g/mol. The number of likely N-dealkylation sites (tertiary alicyclic amines) is 1. The highest BCUT2D eigenvalue weighted by Gasteiger charge is 2.72. The van der Waals surface area contributed by atoms with Crippen molar-refractivity contribution in [3.8, 4) is 11.5 Å². The van der Waals surface area contributed by atoms with Gasteiger partial charge in [-0.15, -0.1) is 0 Å². The molecule has 1 spiro atoms. The van der Waals surface area contributed by atoms with Crippen molar-refractivity contribution >= 4 is 26.3 Å². The van der Waals surface area contributed by atoms with Crippen LogP contribution in [0.15, 0.2) is 54.3 Å². The summed E-state index contributed by atoms with van der Waals surface area (Å²) in [6, 6.07) is 11.3. The summed E-state index contributed by atoms with van der Waals surface area (Å²) < 4.78 is 30.5. The molecule has 2 aliphatic heterocycles. The Hall–Kier alpha value is -3.87. The number of benzene rings is 2. The third-order valence-electron chi connectivity index (χ3n) is 11.4. The second kappa shape index (κ2) is 12.7. The van der Waals surface area contributed by atoms with Crippen LogP contribution in [0.25, 0.3) is 0 Å². The second-order valence-corrected chi connectivity index (χ2v) is 21.7. The molecule has 1 saturated heterocycles. The highest BCUT2D eigenvalue weighted by Crippen LogP contribution is 2.65. The topological polar surface area (TPSA) is 133 Å². The van der Waals surface area contributed by atoms with Gasteiger partial charge in [0.2, 0.25) is 6.10 Å². The predicted molar refractivity (Wildman–Crippen MR) is 193 cm³/mol. The first-order valence-corrected chi connectivity index (χ1v) is 20.7. The van der Waals surface area contributed by atoms with Gasteiger partial charge in [-0.3, -0.25) is 4.79 Å². The molecule has 6 rings (SSSR count). The molecule has 276 valence electrons. The molecule has 12 heteroatoms. The van der Waals surface area contributed by atoms with Crippen LogP contribution in [0, 0.1) is 0 Å². The largest absolute Gasteiger partial charge is 0.541 e. The van der Waals surface area contributed by atoms with Crippen LogP contribution in [-0.2, 0) is 35.6 Å². The van der Waals surface area contributed by atoms with Gasteiger partial charge in [0, 0.05) is 23.6 Å². The summed E-state index contributed by atoms with van der Waals surface area (Å²) in [6.45, 7) is 18.2. The third-order valence-corrected chi connectivity index (χ3v) is 15.7. The average Bonchev–Trinajstić information content (AvgIpc) is 3.39. The van der Waals surface area contributed by atoms with Crippen LogP contribution >= 0.6 is 0 Å². The Morgan fingerprint density at radius 3 is 2.39 bits per heavy atom. The van der Waals surface area contributed by atoms with E-state index in [0.29, 0.717) is 35.7 Å². The number of hydrogen-bond donors (Lipinski definition) is 2. The molecule has 1 amide bonds. The van der Waals surface area contributed by atoms with Gasteiger partial charge in [0.25, 0.3) is 14.2 Å². The van der Waals surface area contributed by atoms with Gasteiger partial charge in [0.15, 0.2) is 11.9 Å². The van der Waals surface area contributed by atoms with Crippen LogP contribution in [0.1, 0.15) is 84.1 Å². The summed E-state index contributed by atoms with van der Waals surface area (Å²) >= 11 is 0. The zero-order valence-corrected chi connectivity index (χ0v) is 32.4. The highest BCUT2D eigenvalue weighted by atomic mass is 28.4. The smallest absolute Gasteiger partial charge is 0.509 e. The fraction of sp³-hybridized carbons (Fsp3) is 0.564. The molecular formula is C39H52N2O9Si. The number of carbonyl (C=O) groups is 3. The van der Waals surface area contributed by atoms with Crippen molar-refractivity contribution in [2.75, 3.05) is 13.6 Å². The van der Waals surface area contributed by atoms with E-state index >= 15 is 0 Å². The molecule has 6 unspecified atom stereocenters. The van der Waals surface area contributed by atoms with Crippen molar-refractivity contribution in [2.24, 2.45) is 0 Å². The Kier molecular flexibility index (Phi) is 9.16. The molecule has 2 aromatic carbocycles. The van der Waals surface area contributed by atoms with Crippen LogP contribution in [-0.4, -0.2) is 79.3 Å². The summed E-state index contributed by atoms with van der Waals surface area (Å²) in [5.74, 6) is 0.111. The first-order valence-electron chi connectivity index (χ1n) is 17.8. The molecule has 0 saturated carbocycles. The standard InChI is InChI=1S/C39H52N2O9Si/c1-23(40-33(42)30(24-14-12-11-13-15-24)48-35(44)49-36(2,3)4)34(43)46-27-18-19-39(45)28-22-25-16-17-26(50-51(9,10)37(5,6)7)31-29(25)38(39,32(27)47-31)20-21-41(28)8/h11-18,23,28,30,32,45H,19-22H2,1-10H3,(H,40,42).